The molecule has 0 nitrogen and oxygen atoms in total. The van der Waals surface area contributed by atoms with Crippen molar-refractivity contribution in [2.24, 2.45) is 5.92 Å². The standard InChI is InChI=1S/C6H9I/c1-5-4-6(5)2-3-7/h2,5H,3-4H2,1H3/b6-2-/t5-/m1/s1. The molecule has 1 rings (SSSR count). The van der Waals surface area contributed by atoms with E-state index in [-0.39, 0.29) is 0 Å². The van der Waals surface area contributed by atoms with E-state index in [0.29, 0.717) is 0 Å². The van der Waals surface area contributed by atoms with Crippen LogP contribution in [0.1, 0.15) is 13.3 Å². The quantitative estimate of drug-likeness (QED) is 0.352. The molecule has 0 aromatic rings. The molecule has 0 N–H and O–H groups in total. The number of hydrogen-bond donors (Lipinski definition) is 0. The fraction of sp³-hybridized carbons (Fsp3) is 0.667. The third-order valence-electron chi connectivity index (χ3n) is 1.35. The van der Waals surface area contributed by atoms with Crippen molar-refractivity contribution in [2.45, 2.75) is 13.3 Å². The number of halogens is 1. The predicted octanol–water partition coefficient (Wildman–Crippen LogP) is 2.39. The van der Waals surface area contributed by atoms with Crippen molar-refractivity contribution in [3.05, 3.63) is 11.6 Å². The van der Waals surface area contributed by atoms with Gasteiger partial charge in [0, 0.05) is 4.43 Å². The highest BCUT2D eigenvalue weighted by Gasteiger charge is 2.22. The van der Waals surface area contributed by atoms with Crippen molar-refractivity contribution in [1.82, 2.24) is 0 Å². The van der Waals surface area contributed by atoms with Crippen LogP contribution < -0.4 is 0 Å². The Bertz CT molecular complexity index is 94.4. The van der Waals surface area contributed by atoms with Gasteiger partial charge in [-0.2, -0.15) is 0 Å². The summed E-state index contributed by atoms with van der Waals surface area (Å²) < 4.78 is 1.19. The van der Waals surface area contributed by atoms with Gasteiger partial charge in [0.1, 0.15) is 0 Å². The molecule has 0 spiro atoms. The fourth-order valence-electron chi connectivity index (χ4n) is 0.678. The SMILES string of the molecule is C[C@@H]1C/C1=C/CI. The maximum Gasteiger partial charge on any atom is 0.0178 e. The van der Waals surface area contributed by atoms with Crippen LogP contribution in [0.15, 0.2) is 11.6 Å². The Morgan fingerprint density at radius 3 is 2.71 bits per heavy atom. The van der Waals surface area contributed by atoms with Crippen LogP contribution in [-0.4, -0.2) is 4.43 Å². The number of allylic oxidation sites excluding steroid dienone is 2. The Hall–Kier alpha value is 0.470. The molecular formula is C6H9I. The monoisotopic (exact) mass is 208 g/mol. The summed E-state index contributed by atoms with van der Waals surface area (Å²) in [5, 5.41) is 0. The van der Waals surface area contributed by atoms with Gasteiger partial charge in [-0.05, 0) is 12.3 Å². The summed E-state index contributed by atoms with van der Waals surface area (Å²) >= 11 is 2.38. The minimum Gasteiger partial charge on any atom is -0.0818 e. The third kappa shape index (κ3) is 1.44. The lowest BCUT2D eigenvalue weighted by Gasteiger charge is -1.70. The van der Waals surface area contributed by atoms with E-state index < -0.39 is 0 Å². The van der Waals surface area contributed by atoms with Gasteiger partial charge in [0.25, 0.3) is 0 Å². The number of rotatable bonds is 1. The van der Waals surface area contributed by atoms with Crippen molar-refractivity contribution >= 4 is 22.6 Å². The van der Waals surface area contributed by atoms with Crippen molar-refractivity contribution < 1.29 is 0 Å². The van der Waals surface area contributed by atoms with E-state index in [1.165, 1.54) is 10.8 Å². The molecule has 0 radical (unpaired) electrons. The minimum absolute atomic E-state index is 0.926. The van der Waals surface area contributed by atoms with E-state index in [2.05, 4.69) is 35.6 Å². The van der Waals surface area contributed by atoms with Gasteiger partial charge in [-0.3, -0.25) is 0 Å². The summed E-state index contributed by atoms with van der Waals surface area (Å²) in [6.07, 6.45) is 3.69. The van der Waals surface area contributed by atoms with Gasteiger partial charge in [-0.1, -0.05) is 41.2 Å². The van der Waals surface area contributed by atoms with Crippen LogP contribution in [0.4, 0.5) is 0 Å². The van der Waals surface area contributed by atoms with E-state index in [0.717, 1.165) is 5.92 Å². The highest BCUT2D eigenvalue weighted by Crippen LogP contribution is 2.36. The van der Waals surface area contributed by atoms with Crippen molar-refractivity contribution in [3.63, 3.8) is 0 Å². The second-order valence-electron chi connectivity index (χ2n) is 2.04. The lowest BCUT2D eigenvalue weighted by molar-refractivity contribution is 1.02. The molecule has 1 fully saturated rings. The largest absolute Gasteiger partial charge is 0.0818 e. The summed E-state index contributed by atoms with van der Waals surface area (Å²) in [4.78, 5) is 0. The van der Waals surface area contributed by atoms with Crippen molar-refractivity contribution in [1.29, 1.82) is 0 Å². The zero-order valence-corrected chi connectivity index (χ0v) is 6.60. The van der Waals surface area contributed by atoms with Crippen LogP contribution in [0.25, 0.3) is 0 Å². The smallest absolute Gasteiger partial charge is 0.0178 e. The number of hydrogen-bond acceptors (Lipinski definition) is 0. The van der Waals surface area contributed by atoms with Crippen LogP contribution >= 0.6 is 22.6 Å². The van der Waals surface area contributed by atoms with Gasteiger partial charge in [0.15, 0.2) is 0 Å². The molecule has 1 aliphatic carbocycles. The van der Waals surface area contributed by atoms with Gasteiger partial charge in [-0.15, -0.1) is 0 Å². The first kappa shape index (κ1) is 5.60. The maximum atomic E-state index is 2.38. The van der Waals surface area contributed by atoms with E-state index in [1.807, 2.05) is 0 Å². The molecule has 0 unspecified atom stereocenters. The second-order valence-corrected chi connectivity index (χ2v) is 2.92. The van der Waals surface area contributed by atoms with Crippen molar-refractivity contribution in [3.8, 4) is 0 Å². The molecule has 7 heavy (non-hydrogen) atoms. The summed E-state index contributed by atoms with van der Waals surface area (Å²) in [5.41, 5.74) is 1.66. The van der Waals surface area contributed by atoms with Gasteiger partial charge < -0.3 is 0 Å². The topological polar surface area (TPSA) is 0 Å². The second kappa shape index (κ2) is 2.16. The average molecular weight is 208 g/mol. The molecule has 40 valence electrons. The van der Waals surface area contributed by atoms with Gasteiger partial charge in [-0.25, -0.2) is 0 Å². The van der Waals surface area contributed by atoms with Crippen LogP contribution in [0.2, 0.25) is 0 Å². The Morgan fingerprint density at radius 1 is 2.00 bits per heavy atom. The van der Waals surface area contributed by atoms with E-state index in [4.69, 9.17) is 0 Å². The lowest BCUT2D eigenvalue weighted by Crippen LogP contribution is -1.57. The molecule has 0 aromatic carbocycles. The Balaban J connectivity index is 2.30. The highest BCUT2D eigenvalue weighted by molar-refractivity contribution is 14.1. The molecule has 1 atom stereocenters. The molecule has 1 aliphatic rings. The fourth-order valence-corrected chi connectivity index (χ4v) is 1.24. The first-order chi connectivity index (χ1) is 3.34. The molecule has 1 heteroatoms. The molecule has 1 saturated carbocycles. The Labute approximate surface area is 58.1 Å². The molecule has 0 amide bonds. The first-order valence-corrected chi connectivity index (χ1v) is 4.12. The van der Waals surface area contributed by atoms with Crippen LogP contribution in [0.3, 0.4) is 0 Å². The van der Waals surface area contributed by atoms with Crippen LogP contribution in [-0.2, 0) is 0 Å². The molecular weight excluding hydrogens is 199 g/mol. The zero-order chi connectivity index (χ0) is 5.28. The Morgan fingerprint density at radius 2 is 2.57 bits per heavy atom. The minimum atomic E-state index is 0.926. The summed E-state index contributed by atoms with van der Waals surface area (Å²) in [5.74, 6) is 0.926. The van der Waals surface area contributed by atoms with E-state index >= 15 is 0 Å². The number of alkyl halides is 1. The molecule has 0 saturated heterocycles. The summed E-state index contributed by atoms with van der Waals surface area (Å²) in [6.45, 7) is 2.28. The molecule has 0 bridgehead atoms. The predicted molar refractivity (Wildman–Crippen MR) is 40.8 cm³/mol. The first-order valence-electron chi connectivity index (χ1n) is 2.59. The van der Waals surface area contributed by atoms with E-state index in [9.17, 15) is 0 Å². The van der Waals surface area contributed by atoms with Crippen LogP contribution in [0.5, 0.6) is 0 Å². The highest BCUT2D eigenvalue weighted by atomic mass is 127. The molecule has 0 aromatic heterocycles. The van der Waals surface area contributed by atoms with Gasteiger partial charge >= 0.3 is 0 Å². The van der Waals surface area contributed by atoms with Gasteiger partial charge in [0.2, 0.25) is 0 Å². The Kier molecular flexibility index (Phi) is 1.73. The molecule has 0 heterocycles. The average Bonchev–Trinajstić information content (AvgIpc) is 2.22. The normalized spacial score (nSPS) is 34.0. The van der Waals surface area contributed by atoms with E-state index in [1.54, 1.807) is 5.57 Å². The van der Waals surface area contributed by atoms with Crippen molar-refractivity contribution in [2.75, 3.05) is 4.43 Å². The summed E-state index contributed by atoms with van der Waals surface area (Å²) in [7, 11) is 0. The lowest BCUT2D eigenvalue weighted by atomic mass is 10.4. The third-order valence-corrected chi connectivity index (χ3v) is 1.79. The summed E-state index contributed by atoms with van der Waals surface area (Å²) in [6, 6.07) is 0. The van der Waals surface area contributed by atoms with Gasteiger partial charge in [0.05, 0.1) is 0 Å². The zero-order valence-electron chi connectivity index (χ0n) is 4.45. The van der Waals surface area contributed by atoms with Crippen LogP contribution in [0, 0.1) is 5.92 Å². The maximum absolute atomic E-state index is 2.38. The molecule has 0 aliphatic heterocycles.